The van der Waals surface area contributed by atoms with Crippen molar-refractivity contribution in [2.24, 2.45) is 17.3 Å². The predicted octanol–water partition coefficient (Wildman–Crippen LogP) is 6.51. The van der Waals surface area contributed by atoms with Crippen molar-refractivity contribution in [2.45, 2.75) is 69.5 Å². The second-order valence-electron chi connectivity index (χ2n) is 8.61. The van der Waals surface area contributed by atoms with Crippen molar-refractivity contribution in [1.82, 2.24) is 0 Å². The number of methoxy groups -OCH3 is 1. The molecule has 35 heavy (non-hydrogen) atoms. The average Bonchev–Trinajstić information content (AvgIpc) is 2.63. The Morgan fingerprint density at radius 1 is 0.800 bits per heavy atom. The van der Waals surface area contributed by atoms with E-state index in [1.807, 2.05) is 0 Å². The molecule has 16 heteroatoms. The molecule has 1 saturated carbocycles. The molecule has 3 unspecified atom stereocenters. The van der Waals surface area contributed by atoms with Gasteiger partial charge in [0.25, 0.3) is 5.60 Å². The summed E-state index contributed by atoms with van der Waals surface area (Å²) in [5.41, 5.74) is -10.1. The van der Waals surface area contributed by atoms with E-state index in [2.05, 4.69) is 20.8 Å². The molecule has 3 atom stereocenters. The van der Waals surface area contributed by atoms with Crippen LogP contribution in [0.15, 0.2) is 12.2 Å². The van der Waals surface area contributed by atoms with E-state index in [0.29, 0.717) is 21.0 Å². The fourth-order valence-electron chi connectivity index (χ4n) is 3.91. The van der Waals surface area contributed by atoms with Gasteiger partial charge in [-0.05, 0) is 25.2 Å². The molecular formula is C19H22F12O4. The Kier molecular flexibility index (Phi) is 8.93. The van der Waals surface area contributed by atoms with Gasteiger partial charge in [-0.1, -0.05) is 20.4 Å². The minimum absolute atomic E-state index is 0.506. The highest BCUT2D eigenvalue weighted by atomic mass is 19.4. The largest absolute Gasteiger partial charge is 0.459 e. The number of carbonyl (C=O) groups excluding carboxylic acids is 1. The first-order valence-corrected chi connectivity index (χ1v) is 9.73. The highest BCUT2D eigenvalue weighted by Gasteiger charge is 2.76. The highest BCUT2D eigenvalue weighted by molar-refractivity contribution is 5.89. The molecule has 0 bridgehead atoms. The van der Waals surface area contributed by atoms with Gasteiger partial charge < -0.3 is 14.2 Å². The molecular weight excluding hydrogens is 520 g/mol. The molecule has 1 rings (SSSR count). The van der Waals surface area contributed by atoms with E-state index in [0.717, 1.165) is 0 Å². The van der Waals surface area contributed by atoms with Crippen molar-refractivity contribution in [2.75, 3.05) is 13.9 Å². The lowest BCUT2D eigenvalue weighted by atomic mass is 9.63. The van der Waals surface area contributed by atoms with Gasteiger partial charge in [-0.2, -0.15) is 52.7 Å². The summed E-state index contributed by atoms with van der Waals surface area (Å²) in [6.07, 6.45) is -28.9. The third-order valence-electron chi connectivity index (χ3n) is 6.10. The van der Waals surface area contributed by atoms with Crippen molar-refractivity contribution in [3.8, 4) is 0 Å². The van der Waals surface area contributed by atoms with Crippen molar-refractivity contribution < 1.29 is 71.7 Å². The fraction of sp³-hybridized carbons (Fsp3) is 0.842. The Morgan fingerprint density at radius 3 is 1.63 bits per heavy atom. The lowest BCUT2D eigenvalue weighted by Crippen LogP contribution is -2.65. The number of halogens is 12. The van der Waals surface area contributed by atoms with Gasteiger partial charge in [-0.15, -0.1) is 0 Å². The summed E-state index contributed by atoms with van der Waals surface area (Å²) in [5.74, 6) is -7.11. The summed E-state index contributed by atoms with van der Waals surface area (Å²) in [7, 11) is 0.696. The van der Waals surface area contributed by atoms with E-state index in [9.17, 15) is 57.5 Å². The van der Waals surface area contributed by atoms with Gasteiger partial charge in [0.2, 0.25) is 0 Å². The number of esters is 1. The molecule has 1 aliphatic rings. The molecule has 1 aliphatic carbocycles. The summed E-state index contributed by atoms with van der Waals surface area (Å²) in [5, 5.41) is 0. The van der Waals surface area contributed by atoms with Crippen molar-refractivity contribution in [3.63, 3.8) is 0 Å². The second-order valence-corrected chi connectivity index (χ2v) is 8.61. The summed E-state index contributed by atoms with van der Waals surface area (Å²) < 4.78 is 175. The third kappa shape index (κ3) is 6.35. The van der Waals surface area contributed by atoms with Gasteiger partial charge in [0.05, 0.1) is 5.41 Å². The van der Waals surface area contributed by atoms with Crippen LogP contribution >= 0.6 is 0 Å². The molecule has 0 aliphatic heterocycles. The van der Waals surface area contributed by atoms with Crippen LogP contribution in [0.2, 0.25) is 0 Å². The summed E-state index contributed by atoms with van der Waals surface area (Å²) >= 11 is 0. The van der Waals surface area contributed by atoms with Gasteiger partial charge in [0.1, 0.15) is 18.5 Å². The zero-order valence-electron chi connectivity index (χ0n) is 18.4. The maximum absolute atomic E-state index is 13.9. The zero-order valence-corrected chi connectivity index (χ0v) is 18.4. The van der Waals surface area contributed by atoms with E-state index in [1.165, 1.54) is 0 Å². The van der Waals surface area contributed by atoms with E-state index >= 15 is 0 Å². The van der Waals surface area contributed by atoms with Gasteiger partial charge >= 0.3 is 30.7 Å². The molecule has 0 heterocycles. The molecule has 0 N–H and O–H groups in total. The van der Waals surface area contributed by atoms with E-state index in [1.54, 1.807) is 0 Å². The second kappa shape index (κ2) is 9.98. The van der Waals surface area contributed by atoms with Crippen molar-refractivity contribution >= 4 is 5.97 Å². The van der Waals surface area contributed by atoms with Crippen LogP contribution in [0.1, 0.15) is 33.1 Å². The van der Waals surface area contributed by atoms with Crippen LogP contribution < -0.4 is 0 Å². The van der Waals surface area contributed by atoms with Crippen LogP contribution in [0.4, 0.5) is 52.7 Å². The number of rotatable bonds is 7. The highest BCUT2D eigenvalue weighted by Crippen LogP contribution is 2.58. The topological polar surface area (TPSA) is 44.8 Å². The fourth-order valence-corrected chi connectivity index (χ4v) is 3.91. The first-order chi connectivity index (χ1) is 15.4. The summed E-state index contributed by atoms with van der Waals surface area (Å²) in [4.78, 5) is 11.8. The first kappa shape index (κ1) is 31.3. The van der Waals surface area contributed by atoms with Gasteiger partial charge in [-0.3, -0.25) is 0 Å². The minimum atomic E-state index is -6.25. The summed E-state index contributed by atoms with van der Waals surface area (Å²) in [6, 6.07) is 0. The summed E-state index contributed by atoms with van der Waals surface area (Å²) in [6.45, 7) is 1.85. The Bertz CT molecular complexity index is 750. The lowest BCUT2D eigenvalue weighted by molar-refractivity contribution is -0.413. The smallest absolute Gasteiger partial charge is 0.426 e. The van der Waals surface area contributed by atoms with Gasteiger partial charge in [0, 0.05) is 13.0 Å². The van der Waals surface area contributed by atoms with Crippen LogP contribution in [0, 0.1) is 17.3 Å². The Morgan fingerprint density at radius 2 is 1.26 bits per heavy atom. The molecule has 1 fully saturated rings. The number of alkyl halides is 12. The number of hydrogen-bond acceptors (Lipinski definition) is 4. The van der Waals surface area contributed by atoms with E-state index < -0.39 is 91.3 Å². The van der Waals surface area contributed by atoms with E-state index in [-0.39, 0.29) is 0 Å². The lowest BCUT2D eigenvalue weighted by Gasteiger charge is -2.49. The predicted molar refractivity (Wildman–Crippen MR) is 93.5 cm³/mol. The molecule has 0 aromatic heterocycles. The van der Waals surface area contributed by atoms with Crippen LogP contribution in [0.5, 0.6) is 0 Å². The quantitative estimate of drug-likeness (QED) is 0.159. The van der Waals surface area contributed by atoms with Crippen LogP contribution in [0.3, 0.4) is 0 Å². The minimum Gasteiger partial charge on any atom is -0.459 e. The number of carbonyl (C=O) groups is 1. The maximum Gasteiger partial charge on any atom is 0.426 e. The number of ether oxygens (including phenoxy) is 3. The zero-order chi connectivity index (χ0) is 27.8. The molecule has 0 amide bonds. The Labute approximate surface area is 191 Å². The standard InChI is InChI=1S/C19H22F12O4/c1-9(16(20,21)22)13(32)35-12-6-10(14(2,3)17(23,24)25)5-11(7-12)15(18(26,27)28,19(29,30)31)34-8-33-4/h10-12H,1,5-8H2,2-4H3. The molecule has 0 radical (unpaired) electrons. The molecule has 0 saturated heterocycles. The van der Waals surface area contributed by atoms with E-state index in [4.69, 9.17) is 0 Å². The third-order valence-corrected chi connectivity index (χ3v) is 6.10. The Hall–Kier alpha value is -1.71. The Balaban J connectivity index is 3.63. The van der Waals surface area contributed by atoms with Gasteiger partial charge in [0.15, 0.2) is 0 Å². The van der Waals surface area contributed by atoms with Crippen molar-refractivity contribution in [1.29, 1.82) is 0 Å². The van der Waals surface area contributed by atoms with Crippen molar-refractivity contribution in [3.05, 3.63) is 12.2 Å². The molecule has 0 aromatic carbocycles. The molecule has 0 aromatic rings. The molecule has 0 spiro atoms. The van der Waals surface area contributed by atoms with Crippen LogP contribution in [0.25, 0.3) is 0 Å². The molecule has 206 valence electrons. The maximum atomic E-state index is 13.9. The first-order valence-electron chi connectivity index (χ1n) is 9.73. The average molecular weight is 542 g/mol. The van der Waals surface area contributed by atoms with Crippen LogP contribution in [-0.2, 0) is 19.0 Å². The van der Waals surface area contributed by atoms with Gasteiger partial charge in [-0.25, -0.2) is 4.79 Å². The molecule has 4 nitrogen and oxygen atoms in total. The number of hydrogen-bond donors (Lipinski definition) is 0. The normalized spacial score (nSPS) is 23.2. The SMILES string of the molecule is C=C(C(=O)OC1CC(C(C)(C)C(F)(F)F)CC(C(OCOC)(C(F)(F)F)C(F)(F)F)C1)C(F)(F)F. The monoisotopic (exact) mass is 542 g/mol. The van der Waals surface area contributed by atoms with Crippen LogP contribution in [-0.4, -0.2) is 56.3 Å².